The number of nitrogens with zero attached hydrogens (tertiary/aromatic N) is 2. The van der Waals surface area contributed by atoms with E-state index in [1.165, 1.54) is 18.2 Å². The summed E-state index contributed by atoms with van der Waals surface area (Å²) in [6.45, 7) is 3.45. The van der Waals surface area contributed by atoms with Crippen molar-refractivity contribution in [1.82, 2.24) is 15.3 Å². The van der Waals surface area contributed by atoms with Crippen molar-refractivity contribution in [2.24, 2.45) is 0 Å². The topological polar surface area (TPSA) is 90.8 Å². The molecule has 3 aromatic rings. The van der Waals surface area contributed by atoms with Gasteiger partial charge in [-0.1, -0.05) is 42.3 Å². The van der Waals surface area contributed by atoms with Gasteiger partial charge in [0.1, 0.15) is 17.3 Å². The van der Waals surface area contributed by atoms with Gasteiger partial charge in [0.25, 0.3) is 5.91 Å². The van der Waals surface area contributed by atoms with Crippen molar-refractivity contribution in [3.05, 3.63) is 74.5 Å². The van der Waals surface area contributed by atoms with E-state index in [1.807, 2.05) is 13.0 Å². The number of halogens is 3. The lowest BCUT2D eigenvalue weighted by Gasteiger charge is -2.15. The molecule has 1 heterocycles. The number of imidazole rings is 1. The van der Waals surface area contributed by atoms with Gasteiger partial charge in [-0.3, -0.25) is 4.79 Å². The third kappa shape index (κ3) is 4.73. The van der Waals surface area contributed by atoms with Gasteiger partial charge in [-0.15, -0.1) is 0 Å². The highest BCUT2D eigenvalue weighted by Gasteiger charge is 2.18. The van der Waals surface area contributed by atoms with E-state index in [4.69, 9.17) is 33.2 Å². The molecule has 2 N–H and O–H groups in total. The van der Waals surface area contributed by atoms with Crippen molar-refractivity contribution >= 4 is 29.1 Å². The lowest BCUT2D eigenvalue weighted by Crippen LogP contribution is -2.24. The van der Waals surface area contributed by atoms with E-state index in [0.29, 0.717) is 28.4 Å². The molecule has 6 nitrogen and oxygen atoms in total. The maximum atomic E-state index is 15.2. The molecule has 9 heteroatoms. The molecule has 154 valence electrons. The molecule has 0 unspecified atom stereocenters. The molecule has 0 bridgehead atoms. The standard InChI is InChI=1S/C21H17Cl2FN4O2/c1-3-13-4-5-14(10-26-21(29)18-20(23)28-11(2)27-18)17(24)19(13)30-16-7-12(9-25)6-15(22)8-16/h4-8H,3,10H2,1-2H3,(H,26,29)(H,27,28). The maximum absolute atomic E-state index is 15.2. The Morgan fingerprint density at radius 3 is 2.67 bits per heavy atom. The number of H-pyrrole nitrogens is 1. The molecule has 0 atom stereocenters. The van der Waals surface area contributed by atoms with Gasteiger partial charge in [0.15, 0.2) is 16.7 Å². The van der Waals surface area contributed by atoms with E-state index in [1.54, 1.807) is 19.1 Å². The van der Waals surface area contributed by atoms with Crippen LogP contribution in [-0.2, 0) is 13.0 Å². The number of carbonyl (C=O) groups excluding carboxylic acids is 1. The van der Waals surface area contributed by atoms with Crippen LogP contribution < -0.4 is 10.1 Å². The lowest BCUT2D eigenvalue weighted by molar-refractivity contribution is 0.0946. The Labute approximate surface area is 182 Å². The number of nitrogens with one attached hydrogen (secondary N) is 2. The van der Waals surface area contributed by atoms with E-state index in [0.717, 1.165) is 0 Å². The number of hydrogen-bond acceptors (Lipinski definition) is 4. The van der Waals surface area contributed by atoms with Gasteiger partial charge in [0.2, 0.25) is 0 Å². The van der Waals surface area contributed by atoms with Gasteiger partial charge >= 0.3 is 0 Å². The second-order valence-corrected chi connectivity index (χ2v) is 7.24. The molecular formula is C21H17Cl2FN4O2. The highest BCUT2D eigenvalue weighted by molar-refractivity contribution is 6.32. The number of amides is 1. The monoisotopic (exact) mass is 446 g/mol. The molecule has 0 fully saturated rings. The number of aromatic nitrogens is 2. The number of nitriles is 1. The minimum atomic E-state index is -0.611. The molecule has 1 aromatic heterocycles. The third-order valence-electron chi connectivity index (χ3n) is 4.30. The lowest BCUT2D eigenvalue weighted by atomic mass is 10.1. The molecule has 1 amide bonds. The summed E-state index contributed by atoms with van der Waals surface area (Å²) in [6.07, 6.45) is 0.521. The van der Waals surface area contributed by atoms with Gasteiger partial charge in [0, 0.05) is 17.1 Å². The fraction of sp³-hybridized carbons (Fsp3) is 0.190. The van der Waals surface area contributed by atoms with Gasteiger partial charge in [-0.2, -0.15) is 5.26 Å². The van der Waals surface area contributed by atoms with Crippen LogP contribution in [0.4, 0.5) is 4.39 Å². The largest absolute Gasteiger partial charge is 0.454 e. The molecule has 0 spiro atoms. The van der Waals surface area contributed by atoms with E-state index in [2.05, 4.69) is 15.3 Å². The summed E-state index contributed by atoms with van der Waals surface area (Å²) in [4.78, 5) is 19.0. The molecular weight excluding hydrogens is 430 g/mol. The highest BCUT2D eigenvalue weighted by Crippen LogP contribution is 2.33. The molecule has 0 aliphatic heterocycles. The molecule has 0 aliphatic carbocycles. The minimum absolute atomic E-state index is 0.0193. The molecule has 0 saturated carbocycles. The smallest absolute Gasteiger partial charge is 0.271 e. The number of aromatic amines is 1. The van der Waals surface area contributed by atoms with E-state index in [-0.39, 0.29) is 34.5 Å². The molecule has 0 saturated heterocycles. The van der Waals surface area contributed by atoms with Gasteiger partial charge in [-0.05, 0) is 37.1 Å². The van der Waals surface area contributed by atoms with Crippen molar-refractivity contribution in [1.29, 1.82) is 5.26 Å². The molecule has 0 aliphatic rings. The predicted molar refractivity (Wildman–Crippen MR) is 112 cm³/mol. The first-order valence-electron chi connectivity index (χ1n) is 9.01. The maximum Gasteiger partial charge on any atom is 0.271 e. The average molecular weight is 447 g/mol. The Morgan fingerprint density at radius 1 is 1.30 bits per heavy atom. The first-order chi connectivity index (χ1) is 14.3. The second-order valence-electron chi connectivity index (χ2n) is 6.44. The second kappa shape index (κ2) is 9.16. The zero-order chi connectivity index (χ0) is 21.8. The minimum Gasteiger partial charge on any atom is -0.454 e. The van der Waals surface area contributed by atoms with Crippen LogP contribution in [0.1, 0.15) is 39.9 Å². The number of carbonyl (C=O) groups is 1. The van der Waals surface area contributed by atoms with Crippen molar-refractivity contribution in [2.75, 3.05) is 0 Å². The van der Waals surface area contributed by atoms with Gasteiger partial charge in [-0.25, -0.2) is 9.37 Å². The Bertz CT molecular complexity index is 1150. The SMILES string of the molecule is CCc1ccc(CNC(=O)c2[nH]c(C)nc2Cl)c(F)c1Oc1cc(Cl)cc(C#N)c1. The van der Waals surface area contributed by atoms with Gasteiger partial charge < -0.3 is 15.0 Å². The first kappa shape index (κ1) is 21.6. The van der Waals surface area contributed by atoms with Crippen LogP contribution in [0, 0.1) is 24.1 Å². The van der Waals surface area contributed by atoms with E-state index in [9.17, 15) is 4.79 Å². The van der Waals surface area contributed by atoms with Crippen molar-refractivity contribution in [3.63, 3.8) is 0 Å². The fourth-order valence-electron chi connectivity index (χ4n) is 2.84. The predicted octanol–water partition coefficient (Wildman–Crippen LogP) is 5.32. The Hall–Kier alpha value is -3.08. The van der Waals surface area contributed by atoms with Gasteiger partial charge in [0.05, 0.1) is 11.6 Å². The quantitative estimate of drug-likeness (QED) is 0.535. The summed E-state index contributed by atoms with van der Waals surface area (Å²) >= 11 is 11.9. The third-order valence-corrected chi connectivity index (χ3v) is 4.80. The van der Waals surface area contributed by atoms with Crippen LogP contribution in [-0.4, -0.2) is 15.9 Å². The van der Waals surface area contributed by atoms with Crippen molar-refractivity contribution in [2.45, 2.75) is 26.8 Å². The molecule has 30 heavy (non-hydrogen) atoms. The van der Waals surface area contributed by atoms with Crippen molar-refractivity contribution < 1.29 is 13.9 Å². The van der Waals surface area contributed by atoms with Crippen LogP contribution >= 0.6 is 23.2 Å². The number of aryl methyl sites for hydroxylation is 2. The first-order valence-corrected chi connectivity index (χ1v) is 9.77. The Balaban J connectivity index is 1.86. The summed E-state index contributed by atoms with van der Waals surface area (Å²) in [5.41, 5.74) is 1.27. The zero-order valence-corrected chi connectivity index (χ0v) is 17.7. The highest BCUT2D eigenvalue weighted by atomic mass is 35.5. The zero-order valence-electron chi connectivity index (χ0n) is 16.1. The normalized spacial score (nSPS) is 10.5. The summed E-state index contributed by atoms with van der Waals surface area (Å²) in [5, 5.41) is 12.1. The molecule has 0 radical (unpaired) electrons. The van der Waals surface area contributed by atoms with Crippen LogP contribution in [0.15, 0.2) is 30.3 Å². The molecule has 2 aromatic carbocycles. The average Bonchev–Trinajstić information content (AvgIpc) is 3.06. The fourth-order valence-corrected chi connectivity index (χ4v) is 3.33. The van der Waals surface area contributed by atoms with Crippen molar-refractivity contribution in [3.8, 4) is 17.6 Å². The van der Waals surface area contributed by atoms with E-state index < -0.39 is 11.7 Å². The van der Waals surface area contributed by atoms with Crippen LogP contribution in [0.3, 0.4) is 0 Å². The van der Waals surface area contributed by atoms with Crippen LogP contribution in [0.25, 0.3) is 0 Å². The Kier molecular flexibility index (Phi) is 6.60. The van der Waals surface area contributed by atoms with Crippen LogP contribution in [0.5, 0.6) is 11.5 Å². The summed E-state index contributed by atoms with van der Waals surface area (Å²) in [5.74, 6) is -0.354. The number of benzene rings is 2. The summed E-state index contributed by atoms with van der Waals surface area (Å²) in [6, 6.07) is 9.75. The Morgan fingerprint density at radius 2 is 2.03 bits per heavy atom. The van der Waals surface area contributed by atoms with Crippen LogP contribution in [0.2, 0.25) is 10.2 Å². The number of hydrogen-bond donors (Lipinski definition) is 2. The number of ether oxygens (including phenoxy) is 1. The van der Waals surface area contributed by atoms with E-state index >= 15 is 4.39 Å². The summed E-state index contributed by atoms with van der Waals surface area (Å²) < 4.78 is 21.0. The number of rotatable bonds is 6. The molecule has 3 rings (SSSR count). The summed E-state index contributed by atoms with van der Waals surface area (Å²) in [7, 11) is 0.